The topological polar surface area (TPSA) is 128 Å². The minimum atomic E-state index is -0.587. The number of imide groups is 1. The quantitative estimate of drug-likeness (QED) is 0.418. The highest BCUT2D eigenvalue weighted by atomic mass is 16.3. The molecule has 2 aliphatic rings. The van der Waals surface area contributed by atoms with Crippen LogP contribution in [0.3, 0.4) is 0 Å². The van der Waals surface area contributed by atoms with E-state index >= 15 is 0 Å². The van der Waals surface area contributed by atoms with E-state index in [9.17, 15) is 24.6 Å². The molecule has 3 atom stereocenters. The van der Waals surface area contributed by atoms with Gasteiger partial charge in [-0.15, -0.1) is 0 Å². The highest BCUT2D eigenvalue weighted by molar-refractivity contribution is 5.98. The van der Waals surface area contributed by atoms with Crippen molar-refractivity contribution in [1.29, 1.82) is 0 Å². The Morgan fingerprint density at radius 2 is 1.91 bits per heavy atom. The van der Waals surface area contributed by atoms with E-state index in [2.05, 4.69) is 16.0 Å². The van der Waals surface area contributed by atoms with Crippen LogP contribution in [0, 0.1) is 18.8 Å². The lowest BCUT2D eigenvalue weighted by molar-refractivity contribution is -0.136. The van der Waals surface area contributed by atoms with Crippen molar-refractivity contribution in [3.05, 3.63) is 58.7 Å². The van der Waals surface area contributed by atoms with Gasteiger partial charge in [-0.2, -0.15) is 0 Å². The van der Waals surface area contributed by atoms with E-state index in [0.29, 0.717) is 31.5 Å². The van der Waals surface area contributed by atoms with Crippen LogP contribution in [0.1, 0.15) is 60.5 Å². The van der Waals surface area contributed by atoms with Crippen molar-refractivity contribution >= 4 is 23.5 Å². The average Bonchev–Trinajstić information content (AvgIpc) is 2.81. The van der Waals surface area contributed by atoms with Crippen molar-refractivity contribution in [3.8, 4) is 5.75 Å². The molecule has 5 N–H and O–H groups in total. The number of fused-ring (bicyclic) bond motifs is 1. The standard InChI is InChI=1S/C26H31N3O5/c1-15-2-9-20(13-22(15)30)28-26(34)27-14-16-3-10-21-19(12-16)7-5-17(24(21)32)4-6-18-8-11-23(31)29-25(18)33/h2-3,9-10,12-13,17-18,24,30,32H,4-8,11,14H2,1H3,(H2,27,28,34)(H,29,31,33). The van der Waals surface area contributed by atoms with Crippen LogP contribution < -0.4 is 16.0 Å². The number of piperidine rings is 1. The molecule has 1 aliphatic heterocycles. The number of hydrogen-bond acceptors (Lipinski definition) is 5. The lowest BCUT2D eigenvalue weighted by atomic mass is 9.77. The van der Waals surface area contributed by atoms with Crippen LogP contribution in [-0.2, 0) is 22.6 Å². The van der Waals surface area contributed by atoms with E-state index in [1.54, 1.807) is 19.1 Å². The fourth-order valence-corrected chi connectivity index (χ4v) is 4.80. The van der Waals surface area contributed by atoms with Crippen molar-refractivity contribution in [1.82, 2.24) is 10.6 Å². The second-order valence-electron chi connectivity index (χ2n) is 9.31. The van der Waals surface area contributed by atoms with Crippen molar-refractivity contribution in [3.63, 3.8) is 0 Å². The maximum Gasteiger partial charge on any atom is 0.319 e. The molecule has 8 heteroatoms. The maximum atomic E-state index is 12.2. The number of benzene rings is 2. The molecule has 0 radical (unpaired) electrons. The van der Waals surface area contributed by atoms with E-state index in [-0.39, 0.29) is 35.4 Å². The molecule has 180 valence electrons. The van der Waals surface area contributed by atoms with Crippen molar-refractivity contribution in [2.24, 2.45) is 11.8 Å². The average molecular weight is 466 g/mol. The molecule has 0 bridgehead atoms. The zero-order valence-corrected chi connectivity index (χ0v) is 19.3. The largest absolute Gasteiger partial charge is 0.508 e. The van der Waals surface area contributed by atoms with Crippen LogP contribution in [0.5, 0.6) is 5.75 Å². The van der Waals surface area contributed by atoms with Gasteiger partial charge in [-0.3, -0.25) is 14.9 Å². The van der Waals surface area contributed by atoms with Gasteiger partial charge in [-0.05, 0) is 73.3 Å². The van der Waals surface area contributed by atoms with Crippen LogP contribution in [0.15, 0.2) is 36.4 Å². The first-order valence-corrected chi connectivity index (χ1v) is 11.8. The Hall–Kier alpha value is -3.39. The summed E-state index contributed by atoms with van der Waals surface area (Å²) in [5, 5.41) is 28.6. The Labute approximate surface area is 198 Å². The molecule has 8 nitrogen and oxygen atoms in total. The Kier molecular flexibility index (Phi) is 7.17. The number of aromatic hydroxyl groups is 1. The molecule has 1 saturated heterocycles. The molecule has 3 unspecified atom stereocenters. The molecule has 2 aromatic rings. The number of aliphatic hydroxyl groups excluding tert-OH is 1. The van der Waals surface area contributed by atoms with Crippen molar-refractivity contribution in [2.75, 3.05) is 5.32 Å². The van der Waals surface area contributed by atoms with E-state index in [4.69, 9.17) is 0 Å². The Bertz CT molecular complexity index is 1100. The summed E-state index contributed by atoms with van der Waals surface area (Å²) in [6.07, 6.45) is 3.45. The Morgan fingerprint density at radius 1 is 1.09 bits per heavy atom. The summed E-state index contributed by atoms with van der Waals surface area (Å²) in [4.78, 5) is 35.5. The number of aryl methyl sites for hydroxylation is 2. The Morgan fingerprint density at radius 3 is 2.68 bits per heavy atom. The molecule has 1 heterocycles. The third kappa shape index (κ3) is 5.56. The smallest absolute Gasteiger partial charge is 0.319 e. The summed E-state index contributed by atoms with van der Waals surface area (Å²) in [6, 6.07) is 10.4. The second kappa shape index (κ2) is 10.3. The fourth-order valence-electron chi connectivity index (χ4n) is 4.80. The summed E-state index contributed by atoms with van der Waals surface area (Å²) in [7, 11) is 0. The SMILES string of the molecule is Cc1ccc(NC(=O)NCc2ccc3c(c2)CCC(CCC2CCC(=O)NC2=O)C3O)cc1O. The summed E-state index contributed by atoms with van der Waals surface area (Å²) < 4.78 is 0. The van der Waals surface area contributed by atoms with E-state index in [0.717, 1.165) is 41.5 Å². The number of phenolic OH excluding ortho intramolecular Hbond substituents is 1. The molecule has 0 spiro atoms. The zero-order valence-electron chi connectivity index (χ0n) is 19.3. The molecule has 4 amide bonds. The number of nitrogens with one attached hydrogen (secondary N) is 3. The molecule has 0 aromatic heterocycles. The predicted molar refractivity (Wildman–Crippen MR) is 127 cm³/mol. The first kappa shape index (κ1) is 23.8. The molecular weight excluding hydrogens is 434 g/mol. The van der Waals surface area contributed by atoms with Crippen LogP contribution in [-0.4, -0.2) is 28.1 Å². The van der Waals surface area contributed by atoms with Crippen molar-refractivity contribution in [2.45, 2.75) is 58.1 Å². The van der Waals surface area contributed by atoms with Gasteiger partial charge in [-0.1, -0.05) is 24.3 Å². The third-order valence-electron chi connectivity index (χ3n) is 6.92. The van der Waals surface area contributed by atoms with Crippen LogP contribution >= 0.6 is 0 Å². The minimum Gasteiger partial charge on any atom is -0.508 e. The first-order valence-electron chi connectivity index (χ1n) is 11.8. The highest BCUT2D eigenvalue weighted by Crippen LogP contribution is 2.38. The van der Waals surface area contributed by atoms with Gasteiger partial charge in [0.1, 0.15) is 5.75 Å². The molecular formula is C26H31N3O5. The first-order chi connectivity index (χ1) is 16.3. The number of carbonyl (C=O) groups excluding carboxylic acids is 3. The molecule has 1 aliphatic carbocycles. The lowest BCUT2D eigenvalue weighted by Crippen LogP contribution is -2.40. The number of rotatable bonds is 6. The summed E-state index contributed by atoms with van der Waals surface area (Å²) in [5.74, 6) is -0.345. The molecule has 0 saturated carbocycles. The summed E-state index contributed by atoms with van der Waals surface area (Å²) in [5.41, 5.74) is 4.17. The van der Waals surface area contributed by atoms with Gasteiger partial charge in [-0.25, -0.2) is 4.79 Å². The number of carbonyl (C=O) groups is 3. The molecule has 2 aromatic carbocycles. The van der Waals surface area contributed by atoms with Gasteiger partial charge in [0.25, 0.3) is 0 Å². The van der Waals surface area contributed by atoms with Crippen molar-refractivity contribution < 1.29 is 24.6 Å². The zero-order chi connectivity index (χ0) is 24.2. The fraction of sp³-hybridized carbons (Fsp3) is 0.423. The maximum absolute atomic E-state index is 12.2. The minimum absolute atomic E-state index is 0.0820. The number of phenols is 1. The van der Waals surface area contributed by atoms with Gasteiger partial charge >= 0.3 is 6.03 Å². The van der Waals surface area contributed by atoms with E-state index in [1.807, 2.05) is 18.2 Å². The number of urea groups is 1. The number of aliphatic hydroxyl groups is 1. The summed E-state index contributed by atoms with van der Waals surface area (Å²) >= 11 is 0. The highest BCUT2D eigenvalue weighted by Gasteiger charge is 2.31. The molecule has 4 rings (SSSR count). The van der Waals surface area contributed by atoms with Crippen LogP contribution in [0.25, 0.3) is 0 Å². The second-order valence-corrected chi connectivity index (χ2v) is 9.31. The van der Waals surface area contributed by atoms with E-state index < -0.39 is 6.10 Å². The number of hydrogen-bond donors (Lipinski definition) is 5. The van der Waals surface area contributed by atoms with Gasteiger partial charge in [0.15, 0.2) is 0 Å². The summed E-state index contributed by atoms with van der Waals surface area (Å²) in [6.45, 7) is 2.12. The monoisotopic (exact) mass is 465 g/mol. The third-order valence-corrected chi connectivity index (χ3v) is 6.92. The number of anilines is 1. The predicted octanol–water partition coefficient (Wildman–Crippen LogP) is 3.45. The number of amides is 4. The molecule has 34 heavy (non-hydrogen) atoms. The van der Waals surface area contributed by atoms with Gasteiger partial charge in [0.05, 0.1) is 6.10 Å². The van der Waals surface area contributed by atoms with Gasteiger partial charge in [0.2, 0.25) is 11.8 Å². The Balaban J connectivity index is 1.29. The van der Waals surface area contributed by atoms with Gasteiger partial charge in [0, 0.05) is 30.6 Å². The lowest BCUT2D eigenvalue weighted by Gasteiger charge is -2.32. The van der Waals surface area contributed by atoms with Crippen LogP contribution in [0.4, 0.5) is 10.5 Å². The normalized spacial score (nSPS) is 22.0. The van der Waals surface area contributed by atoms with Crippen LogP contribution in [0.2, 0.25) is 0 Å². The van der Waals surface area contributed by atoms with Gasteiger partial charge < -0.3 is 20.8 Å². The molecule has 1 fully saturated rings. The van der Waals surface area contributed by atoms with E-state index in [1.165, 1.54) is 6.07 Å².